The van der Waals surface area contributed by atoms with Gasteiger partial charge in [0.2, 0.25) is 0 Å². The second-order valence-corrected chi connectivity index (χ2v) is 3.58. The van der Waals surface area contributed by atoms with Crippen molar-refractivity contribution in [3.63, 3.8) is 0 Å². The molecule has 0 fully saturated rings. The van der Waals surface area contributed by atoms with Gasteiger partial charge in [-0.3, -0.25) is 0 Å². The molecule has 0 saturated carbocycles. The summed E-state index contributed by atoms with van der Waals surface area (Å²) in [5.74, 6) is 0. The number of hydrogen-bond donors (Lipinski definition) is 1. The Morgan fingerprint density at radius 2 is 2.21 bits per heavy atom. The van der Waals surface area contributed by atoms with Crippen LogP contribution in [0.1, 0.15) is 17.5 Å². The highest BCUT2D eigenvalue weighted by molar-refractivity contribution is 5.81. The highest BCUT2D eigenvalue weighted by Crippen LogP contribution is 2.22. The van der Waals surface area contributed by atoms with E-state index in [2.05, 4.69) is 12.1 Å². The van der Waals surface area contributed by atoms with E-state index in [1.165, 1.54) is 16.5 Å². The monoisotopic (exact) mass is 190 g/mol. The third-order valence-corrected chi connectivity index (χ3v) is 2.46. The van der Waals surface area contributed by atoms with E-state index in [0.717, 1.165) is 18.4 Å². The summed E-state index contributed by atoms with van der Waals surface area (Å²) in [5, 5.41) is 9.92. The van der Waals surface area contributed by atoms with Gasteiger partial charge in [0.1, 0.15) is 5.58 Å². The van der Waals surface area contributed by atoms with Crippen LogP contribution in [0.25, 0.3) is 11.0 Å². The van der Waals surface area contributed by atoms with Crippen molar-refractivity contribution in [3.8, 4) is 0 Å². The number of furan rings is 1. The second kappa shape index (κ2) is 3.84. The molecule has 0 bridgehead atoms. The molecule has 2 nitrogen and oxygen atoms in total. The molecular weight excluding hydrogens is 176 g/mol. The van der Waals surface area contributed by atoms with Crippen LogP contribution in [0, 0.1) is 6.92 Å². The Balaban J connectivity index is 2.34. The Kier molecular flexibility index (Phi) is 2.55. The topological polar surface area (TPSA) is 33.4 Å². The fourth-order valence-electron chi connectivity index (χ4n) is 1.64. The molecule has 0 atom stereocenters. The molecule has 0 spiro atoms. The van der Waals surface area contributed by atoms with Crippen molar-refractivity contribution in [3.05, 3.63) is 35.6 Å². The van der Waals surface area contributed by atoms with Crippen LogP contribution in [-0.2, 0) is 6.42 Å². The quantitative estimate of drug-likeness (QED) is 0.807. The normalized spacial score (nSPS) is 11.0. The molecule has 0 unspecified atom stereocenters. The van der Waals surface area contributed by atoms with E-state index in [1.807, 2.05) is 13.0 Å². The molecule has 0 radical (unpaired) electrons. The lowest BCUT2D eigenvalue weighted by Crippen LogP contribution is -1.88. The van der Waals surface area contributed by atoms with Crippen LogP contribution < -0.4 is 0 Å². The predicted molar refractivity (Wildman–Crippen MR) is 56.4 cm³/mol. The van der Waals surface area contributed by atoms with E-state index >= 15 is 0 Å². The SMILES string of the molecule is Cc1coc2ccc(CCCO)cc12. The summed E-state index contributed by atoms with van der Waals surface area (Å²) in [7, 11) is 0. The van der Waals surface area contributed by atoms with Crippen LogP contribution in [0.15, 0.2) is 28.9 Å². The van der Waals surface area contributed by atoms with E-state index < -0.39 is 0 Å². The van der Waals surface area contributed by atoms with E-state index in [0.29, 0.717) is 0 Å². The van der Waals surface area contributed by atoms with Gasteiger partial charge in [0, 0.05) is 12.0 Å². The van der Waals surface area contributed by atoms with Crippen molar-refractivity contribution in [2.24, 2.45) is 0 Å². The van der Waals surface area contributed by atoms with Crippen molar-refractivity contribution in [2.45, 2.75) is 19.8 Å². The summed E-state index contributed by atoms with van der Waals surface area (Å²) in [4.78, 5) is 0. The van der Waals surface area contributed by atoms with Crippen molar-refractivity contribution < 1.29 is 9.52 Å². The Morgan fingerprint density at radius 1 is 1.36 bits per heavy atom. The Labute approximate surface area is 83.2 Å². The number of aliphatic hydroxyl groups is 1. The zero-order valence-electron chi connectivity index (χ0n) is 8.29. The average molecular weight is 190 g/mol. The Hall–Kier alpha value is -1.28. The van der Waals surface area contributed by atoms with Gasteiger partial charge < -0.3 is 9.52 Å². The van der Waals surface area contributed by atoms with Crippen molar-refractivity contribution >= 4 is 11.0 Å². The lowest BCUT2D eigenvalue weighted by molar-refractivity contribution is 0.288. The standard InChI is InChI=1S/C12H14O2/c1-9-8-14-12-5-4-10(3-2-6-13)7-11(9)12/h4-5,7-8,13H,2-3,6H2,1H3. The van der Waals surface area contributed by atoms with Gasteiger partial charge in [-0.15, -0.1) is 0 Å². The maximum absolute atomic E-state index is 8.74. The minimum Gasteiger partial charge on any atom is -0.464 e. The first-order valence-electron chi connectivity index (χ1n) is 4.89. The number of aliphatic hydroxyl groups excluding tert-OH is 1. The number of benzene rings is 1. The minimum absolute atomic E-state index is 0.252. The minimum atomic E-state index is 0.252. The summed E-state index contributed by atoms with van der Waals surface area (Å²) in [6.45, 7) is 2.30. The maximum atomic E-state index is 8.74. The summed E-state index contributed by atoms with van der Waals surface area (Å²) in [5.41, 5.74) is 3.37. The zero-order chi connectivity index (χ0) is 9.97. The predicted octanol–water partition coefficient (Wildman–Crippen LogP) is 2.67. The van der Waals surface area contributed by atoms with Gasteiger partial charge in [-0.1, -0.05) is 6.07 Å². The lowest BCUT2D eigenvalue weighted by atomic mass is 10.1. The number of fused-ring (bicyclic) bond motifs is 1. The maximum Gasteiger partial charge on any atom is 0.134 e. The van der Waals surface area contributed by atoms with Crippen LogP contribution in [-0.4, -0.2) is 11.7 Å². The molecule has 0 aliphatic carbocycles. The van der Waals surface area contributed by atoms with Gasteiger partial charge in [0.15, 0.2) is 0 Å². The molecule has 0 saturated heterocycles. The highest BCUT2D eigenvalue weighted by atomic mass is 16.3. The second-order valence-electron chi connectivity index (χ2n) is 3.58. The van der Waals surface area contributed by atoms with Gasteiger partial charge in [0.05, 0.1) is 6.26 Å². The largest absolute Gasteiger partial charge is 0.464 e. The zero-order valence-corrected chi connectivity index (χ0v) is 8.29. The average Bonchev–Trinajstić information content (AvgIpc) is 2.57. The Morgan fingerprint density at radius 3 is 3.00 bits per heavy atom. The molecule has 1 aromatic heterocycles. The smallest absolute Gasteiger partial charge is 0.134 e. The van der Waals surface area contributed by atoms with Crippen LogP contribution in [0.2, 0.25) is 0 Å². The molecular formula is C12H14O2. The molecule has 2 rings (SSSR count). The van der Waals surface area contributed by atoms with Crippen molar-refractivity contribution in [1.82, 2.24) is 0 Å². The highest BCUT2D eigenvalue weighted by Gasteiger charge is 2.02. The molecule has 0 amide bonds. The van der Waals surface area contributed by atoms with Gasteiger partial charge in [-0.2, -0.15) is 0 Å². The molecule has 1 N–H and O–H groups in total. The molecule has 74 valence electrons. The lowest BCUT2D eigenvalue weighted by Gasteiger charge is -1.99. The van der Waals surface area contributed by atoms with Crippen LogP contribution in [0.3, 0.4) is 0 Å². The molecule has 0 aliphatic rings. The van der Waals surface area contributed by atoms with Gasteiger partial charge >= 0.3 is 0 Å². The van der Waals surface area contributed by atoms with Gasteiger partial charge in [-0.25, -0.2) is 0 Å². The summed E-state index contributed by atoms with van der Waals surface area (Å²) in [6.07, 6.45) is 3.53. The molecule has 2 heteroatoms. The third-order valence-electron chi connectivity index (χ3n) is 2.46. The first kappa shape index (κ1) is 9.28. The Bertz CT molecular complexity index is 429. The molecule has 2 aromatic rings. The van der Waals surface area contributed by atoms with Gasteiger partial charge in [-0.05, 0) is 43.0 Å². The van der Waals surface area contributed by atoms with Crippen LogP contribution in [0.4, 0.5) is 0 Å². The fourth-order valence-corrected chi connectivity index (χ4v) is 1.64. The van der Waals surface area contributed by atoms with E-state index in [1.54, 1.807) is 6.26 Å². The van der Waals surface area contributed by atoms with Crippen molar-refractivity contribution in [1.29, 1.82) is 0 Å². The number of hydrogen-bond acceptors (Lipinski definition) is 2. The van der Waals surface area contributed by atoms with Crippen LogP contribution in [0.5, 0.6) is 0 Å². The summed E-state index contributed by atoms with van der Waals surface area (Å²) < 4.78 is 5.36. The fraction of sp³-hybridized carbons (Fsp3) is 0.333. The van der Waals surface area contributed by atoms with E-state index in [9.17, 15) is 0 Å². The summed E-state index contributed by atoms with van der Waals surface area (Å²) >= 11 is 0. The first-order valence-corrected chi connectivity index (χ1v) is 4.89. The summed E-state index contributed by atoms with van der Waals surface area (Å²) in [6, 6.07) is 6.19. The van der Waals surface area contributed by atoms with E-state index in [4.69, 9.17) is 9.52 Å². The van der Waals surface area contributed by atoms with E-state index in [-0.39, 0.29) is 6.61 Å². The first-order chi connectivity index (χ1) is 6.81. The van der Waals surface area contributed by atoms with Crippen LogP contribution >= 0.6 is 0 Å². The van der Waals surface area contributed by atoms with Crippen molar-refractivity contribution in [2.75, 3.05) is 6.61 Å². The molecule has 14 heavy (non-hydrogen) atoms. The number of aryl methyl sites for hydroxylation is 2. The van der Waals surface area contributed by atoms with Gasteiger partial charge in [0.25, 0.3) is 0 Å². The molecule has 1 heterocycles. The molecule has 1 aromatic carbocycles. The number of rotatable bonds is 3. The third kappa shape index (κ3) is 1.66. The molecule has 0 aliphatic heterocycles.